The van der Waals surface area contributed by atoms with Gasteiger partial charge in [0, 0.05) is 44.5 Å². The van der Waals surface area contributed by atoms with Crippen LogP contribution >= 0.6 is 0 Å². The predicted octanol–water partition coefficient (Wildman–Crippen LogP) is -0.891. The molecule has 0 aliphatic carbocycles. The minimum Gasteiger partial charge on any atom is -0.478 e. The van der Waals surface area contributed by atoms with Crippen LogP contribution in [0.4, 0.5) is 0 Å². The van der Waals surface area contributed by atoms with Crippen molar-refractivity contribution in [2.24, 2.45) is 0 Å². The zero-order valence-electron chi connectivity index (χ0n) is 11.4. The summed E-state index contributed by atoms with van der Waals surface area (Å²) in [5, 5.41) is 23.9. The summed E-state index contributed by atoms with van der Waals surface area (Å²) in [7, 11) is 0. The number of carbonyl (C=O) groups is 3. The summed E-state index contributed by atoms with van der Waals surface area (Å²) >= 11 is 0. The largest absolute Gasteiger partial charge is 0.478 e. The molecular formula is C13H17N3O5. The summed E-state index contributed by atoms with van der Waals surface area (Å²) in [6.07, 6.45) is 0.988. The van der Waals surface area contributed by atoms with E-state index >= 15 is 0 Å². The van der Waals surface area contributed by atoms with E-state index in [0.717, 1.165) is 0 Å². The highest BCUT2D eigenvalue weighted by atomic mass is 16.4. The van der Waals surface area contributed by atoms with Crippen LogP contribution in [0.1, 0.15) is 12.8 Å². The maximum atomic E-state index is 12.1. The second-order valence-electron chi connectivity index (χ2n) is 4.87. The van der Waals surface area contributed by atoms with Crippen molar-refractivity contribution in [3.63, 3.8) is 0 Å². The molecule has 0 aromatic heterocycles. The fourth-order valence-electron chi connectivity index (χ4n) is 2.29. The van der Waals surface area contributed by atoms with Crippen LogP contribution in [-0.4, -0.2) is 59.1 Å². The van der Waals surface area contributed by atoms with E-state index in [1.165, 1.54) is 6.20 Å². The van der Waals surface area contributed by atoms with Crippen LogP contribution in [-0.2, 0) is 14.4 Å². The van der Waals surface area contributed by atoms with Crippen LogP contribution < -0.4 is 10.6 Å². The van der Waals surface area contributed by atoms with Gasteiger partial charge >= 0.3 is 11.9 Å². The van der Waals surface area contributed by atoms with Gasteiger partial charge in [-0.25, -0.2) is 9.59 Å². The monoisotopic (exact) mass is 295 g/mol. The maximum Gasteiger partial charge on any atom is 0.333 e. The lowest BCUT2D eigenvalue weighted by Crippen LogP contribution is -2.46. The molecule has 4 N–H and O–H groups in total. The quantitative estimate of drug-likeness (QED) is 0.531. The molecule has 1 saturated heterocycles. The number of hydrogen-bond acceptors (Lipinski definition) is 5. The fraction of sp³-hybridized carbons (Fsp3) is 0.462. The molecule has 0 radical (unpaired) electrons. The SMILES string of the molecule is O=C(O)C1=CNC(CC(=O)N2CCNCC2)=C(C(=O)O)C1. The number of aliphatic carboxylic acids is 2. The van der Waals surface area contributed by atoms with E-state index in [0.29, 0.717) is 26.2 Å². The molecular weight excluding hydrogens is 278 g/mol. The molecule has 2 aliphatic rings. The second-order valence-corrected chi connectivity index (χ2v) is 4.87. The van der Waals surface area contributed by atoms with Crippen molar-refractivity contribution < 1.29 is 24.6 Å². The summed E-state index contributed by atoms with van der Waals surface area (Å²) in [6.45, 7) is 2.61. The topological polar surface area (TPSA) is 119 Å². The van der Waals surface area contributed by atoms with Crippen LogP contribution in [0.25, 0.3) is 0 Å². The average molecular weight is 295 g/mol. The second kappa shape index (κ2) is 6.40. The number of dihydropyridines is 1. The van der Waals surface area contributed by atoms with Gasteiger partial charge in [0.05, 0.1) is 17.6 Å². The summed E-state index contributed by atoms with van der Waals surface area (Å²) in [6, 6.07) is 0. The highest BCUT2D eigenvalue weighted by Gasteiger charge is 2.26. The van der Waals surface area contributed by atoms with Crippen molar-refractivity contribution in [3.8, 4) is 0 Å². The lowest BCUT2D eigenvalue weighted by Gasteiger charge is -2.28. The van der Waals surface area contributed by atoms with Crippen LogP contribution in [0.3, 0.4) is 0 Å². The number of nitrogens with zero attached hydrogens (tertiary/aromatic N) is 1. The fourth-order valence-corrected chi connectivity index (χ4v) is 2.29. The standard InChI is InChI=1S/C13H17N3O5/c17-11(16-3-1-14-2-4-16)6-10-9(13(20)21)5-8(7-15-10)12(18)19/h7,14-15H,1-6H2,(H,18,19)(H,20,21). The number of piperazine rings is 1. The van der Waals surface area contributed by atoms with Crippen molar-refractivity contribution in [2.75, 3.05) is 26.2 Å². The zero-order chi connectivity index (χ0) is 15.4. The average Bonchev–Trinajstić information content (AvgIpc) is 2.48. The molecule has 21 heavy (non-hydrogen) atoms. The normalized spacial score (nSPS) is 18.9. The molecule has 0 spiro atoms. The van der Waals surface area contributed by atoms with Gasteiger partial charge in [0.2, 0.25) is 5.91 Å². The Labute approximate surface area is 121 Å². The molecule has 0 bridgehead atoms. The third-order valence-corrected chi connectivity index (χ3v) is 3.48. The Morgan fingerprint density at radius 3 is 2.38 bits per heavy atom. The zero-order valence-corrected chi connectivity index (χ0v) is 11.4. The van der Waals surface area contributed by atoms with Crippen molar-refractivity contribution in [2.45, 2.75) is 12.8 Å². The van der Waals surface area contributed by atoms with Gasteiger partial charge in [0.25, 0.3) is 0 Å². The molecule has 1 amide bonds. The Kier molecular flexibility index (Phi) is 4.59. The van der Waals surface area contributed by atoms with Crippen molar-refractivity contribution in [1.82, 2.24) is 15.5 Å². The molecule has 0 saturated carbocycles. The first-order valence-corrected chi connectivity index (χ1v) is 6.61. The first kappa shape index (κ1) is 15.0. The van der Waals surface area contributed by atoms with Gasteiger partial charge in [-0.3, -0.25) is 4.79 Å². The lowest BCUT2D eigenvalue weighted by molar-refractivity contribution is -0.133. The maximum absolute atomic E-state index is 12.1. The van der Waals surface area contributed by atoms with Gasteiger partial charge in [-0.05, 0) is 0 Å². The molecule has 0 unspecified atom stereocenters. The highest BCUT2D eigenvalue weighted by Crippen LogP contribution is 2.21. The number of carboxylic acids is 2. The number of hydrogen-bond donors (Lipinski definition) is 4. The summed E-state index contributed by atoms with van der Waals surface area (Å²) in [5.41, 5.74) is 0.153. The molecule has 2 rings (SSSR count). The Hall–Kier alpha value is -2.35. The van der Waals surface area contributed by atoms with E-state index in [9.17, 15) is 19.5 Å². The molecule has 8 heteroatoms. The molecule has 2 heterocycles. The Balaban J connectivity index is 2.09. The smallest absolute Gasteiger partial charge is 0.333 e. The summed E-state index contributed by atoms with van der Waals surface area (Å²) in [4.78, 5) is 35.9. The van der Waals surface area contributed by atoms with Crippen LogP contribution in [0.15, 0.2) is 23.0 Å². The first-order valence-electron chi connectivity index (χ1n) is 6.61. The van der Waals surface area contributed by atoms with Gasteiger partial charge < -0.3 is 25.7 Å². The van der Waals surface area contributed by atoms with E-state index in [-0.39, 0.29) is 35.6 Å². The third kappa shape index (κ3) is 3.60. The minimum absolute atomic E-state index is 0.0363. The molecule has 2 aliphatic heterocycles. The molecule has 0 atom stereocenters. The van der Waals surface area contributed by atoms with Gasteiger partial charge in [-0.2, -0.15) is 0 Å². The number of carbonyl (C=O) groups excluding carboxylic acids is 1. The molecule has 0 aromatic carbocycles. The Bertz CT molecular complexity index is 532. The van der Waals surface area contributed by atoms with Crippen molar-refractivity contribution in [1.29, 1.82) is 0 Å². The summed E-state index contributed by atoms with van der Waals surface area (Å²) in [5.74, 6) is -2.55. The van der Waals surface area contributed by atoms with Gasteiger partial charge in [0.15, 0.2) is 0 Å². The molecule has 1 fully saturated rings. The van der Waals surface area contributed by atoms with Crippen LogP contribution in [0.2, 0.25) is 0 Å². The summed E-state index contributed by atoms with van der Waals surface area (Å²) < 4.78 is 0. The highest BCUT2D eigenvalue weighted by molar-refractivity contribution is 5.95. The van der Waals surface area contributed by atoms with Crippen molar-refractivity contribution in [3.05, 3.63) is 23.0 Å². The van der Waals surface area contributed by atoms with Crippen molar-refractivity contribution >= 4 is 17.8 Å². The number of rotatable bonds is 4. The number of amides is 1. The van der Waals surface area contributed by atoms with Crippen LogP contribution in [0.5, 0.6) is 0 Å². The van der Waals surface area contributed by atoms with E-state index in [1.807, 2.05) is 0 Å². The molecule has 0 aromatic rings. The van der Waals surface area contributed by atoms with Gasteiger partial charge in [0.1, 0.15) is 0 Å². The first-order chi connectivity index (χ1) is 9.99. The minimum atomic E-state index is -1.21. The van der Waals surface area contributed by atoms with E-state index in [1.54, 1.807) is 4.90 Å². The number of carboxylic acid groups (broad SMARTS) is 2. The Morgan fingerprint density at radius 2 is 1.81 bits per heavy atom. The Morgan fingerprint density at radius 1 is 1.14 bits per heavy atom. The lowest BCUT2D eigenvalue weighted by atomic mass is 9.99. The van der Waals surface area contributed by atoms with Crippen LogP contribution in [0, 0.1) is 0 Å². The van der Waals surface area contributed by atoms with Gasteiger partial charge in [-0.1, -0.05) is 0 Å². The number of nitrogens with one attached hydrogen (secondary N) is 2. The van der Waals surface area contributed by atoms with E-state index in [4.69, 9.17) is 5.11 Å². The third-order valence-electron chi connectivity index (χ3n) is 3.48. The van der Waals surface area contributed by atoms with Gasteiger partial charge in [-0.15, -0.1) is 0 Å². The van der Waals surface area contributed by atoms with E-state index < -0.39 is 11.9 Å². The molecule has 8 nitrogen and oxygen atoms in total. The predicted molar refractivity (Wildman–Crippen MR) is 72.2 cm³/mol. The molecule has 114 valence electrons. The van der Waals surface area contributed by atoms with E-state index in [2.05, 4.69) is 10.6 Å².